The molecule has 0 saturated heterocycles. The Hall–Kier alpha value is -8.41. The molecule has 0 aliphatic heterocycles. The van der Waals surface area contributed by atoms with Crippen molar-refractivity contribution in [1.29, 1.82) is 0 Å². The maximum Gasteiger partial charge on any atom is 0.164 e. The van der Waals surface area contributed by atoms with E-state index in [9.17, 15) is 0 Å². The molecular weight excluding hydrogens is 769 g/mol. The summed E-state index contributed by atoms with van der Waals surface area (Å²) in [4.78, 5) is 15.4. The van der Waals surface area contributed by atoms with E-state index in [1.165, 1.54) is 60.8 Å². The fraction of sp³-hybridized carbons (Fsp3) is 0.0172. The minimum absolute atomic E-state index is 0.406. The number of benzene rings is 9. The van der Waals surface area contributed by atoms with Crippen molar-refractivity contribution in [3.05, 3.63) is 229 Å². The highest BCUT2D eigenvalue weighted by Crippen LogP contribution is 2.64. The molecule has 12 aromatic rings. The van der Waals surface area contributed by atoms with E-state index in [1.807, 2.05) is 60.7 Å². The smallest absolute Gasteiger partial charge is 0.164 e. The van der Waals surface area contributed by atoms with Crippen LogP contribution in [0.2, 0.25) is 0 Å². The molecule has 2 aliphatic rings. The number of nitrogens with zero attached hydrogens (tertiary/aromatic N) is 4. The molecular formula is C58H34N4O. The molecule has 9 aromatic carbocycles. The molecule has 0 bridgehead atoms. The van der Waals surface area contributed by atoms with Crippen LogP contribution in [0.4, 0.5) is 0 Å². The number of rotatable bonds is 4. The first-order chi connectivity index (χ1) is 31.3. The highest BCUT2D eigenvalue weighted by Gasteiger charge is 2.52. The molecule has 2 aliphatic carbocycles. The highest BCUT2D eigenvalue weighted by atomic mass is 16.3. The summed E-state index contributed by atoms with van der Waals surface area (Å²) in [5.41, 5.74) is 18.0. The van der Waals surface area contributed by atoms with Crippen LogP contribution in [0.3, 0.4) is 0 Å². The van der Waals surface area contributed by atoms with Crippen molar-refractivity contribution in [2.75, 3.05) is 0 Å². The molecule has 0 amide bonds. The van der Waals surface area contributed by atoms with Crippen LogP contribution in [0.25, 0.3) is 106 Å². The van der Waals surface area contributed by atoms with Gasteiger partial charge in [-0.3, -0.25) is 0 Å². The normalized spacial score (nSPS) is 13.2. The SMILES string of the molecule is c1ccc(-c2nc(-c3ccc(-n4c5ccccc5c5c6c(ccc54)C4(c5ccccc5-c5ccccc54)c4ccccc4-6)cc3)nc(-c3cccc4oc5ccccc5c34)n2)cc1. The monoisotopic (exact) mass is 802 g/mol. The predicted octanol–water partition coefficient (Wildman–Crippen LogP) is 14.2. The topological polar surface area (TPSA) is 56.7 Å². The third-order valence-corrected chi connectivity index (χ3v) is 13.5. The molecule has 1 spiro atoms. The second kappa shape index (κ2) is 12.8. The zero-order valence-corrected chi connectivity index (χ0v) is 33.8. The Labute approximate surface area is 362 Å². The molecule has 0 saturated carbocycles. The first-order valence-electron chi connectivity index (χ1n) is 21.4. The molecule has 3 aromatic heterocycles. The van der Waals surface area contributed by atoms with Crippen LogP contribution in [0.5, 0.6) is 0 Å². The van der Waals surface area contributed by atoms with E-state index >= 15 is 0 Å². The lowest BCUT2D eigenvalue weighted by Gasteiger charge is -2.30. The van der Waals surface area contributed by atoms with Crippen LogP contribution in [-0.2, 0) is 5.41 Å². The first-order valence-corrected chi connectivity index (χ1v) is 21.4. The third-order valence-electron chi connectivity index (χ3n) is 13.5. The molecule has 3 heterocycles. The number of hydrogen-bond acceptors (Lipinski definition) is 4. The van der Waals surface area contributed by atoms with E-state index in [0.29, 0.717) is 17.5 Å². The van der Waals surface area contributed by atoms with Gasteiger partial charge in [0.15, 0.2) is 17.5 Å². The van der Waals surface area contributed by atoms with Crippen molar-refractivity contribution in [3.8, 4) is 62.1 Å². The van der Waals surface area contributed by atoms with Gasteiger partial charge in [0.1, 0.15) is 11.2 Å². The van der Waals surface area contributed by atoms with Gasteiger partial charge in [0, 0.05) is 43.9 Å². The summed E-state index contributed by atoms with van der Waals surface area (Å²) < 4.78 is 8.69. The van der Waals surface area contributed by atoms with Crippen LogP contribution in [0.15, 0.2) is 211 Å². The lowest BCUT2D eigenvalue weighted by molar-refractivity contribution is 0.669. The summed E-state index contributed by atoms with van der Waals surface area (Å²) >= 11 is 0. The van der Waals surface area contributed by atoms with E-state index in [1.54, 1.807) is 0 Å². The second-order valence-electron chi connectivity index (χ2n) is 16.6. The van der Waals surface area contributed by atoms with Crippen LogP contribution in [-0.4, -0.2) is 19.5 Å². The van der Waals surface area contributed by atoms with Crippen LogP contribution >= 0.6 is 0 Å². The van der Waals surface area contributed by atoms with Gasteiger partial charge in [0.2, 0.25) is 0 Å². The number of furan rings is 1. The van der Waals surface area contributed by atoms with Crippen molar-refractivity contribution in [2.24, 2.45) is 0 Å². The van der Waals surface area contributed by atoms with Gasteiger partial charge in [-0.1, -0.05) is 158 Å². The van der Waals surface area contributed by atoms with Crippen LogP contribution in [0, 0.1) is 0 Å². The standard InChI is InChI=1S/C58H34N4O/c1-2-15-35(16-3-1)55-59-56(61-57(60-55)43-22-14-28-51-52(43)42-21-8-13-27-50(42)63-51)36-29-31-37(32-30-36)62-48-26-12-7-20-41(48)54-49(62)34-33-47-53(54)40-19-6-11-25-46(40)58(47)44-23-9-4-17-38(44)39-18-5-10-24-45(39)58/h1-34H. The molecule has 63 heavy (non-hydrogen) atoms. The highest BCUT2D eigenvalue weighted by molar-refractivity contribution is 6.19. The van der Waals surface area contributed by atoms with E-state index in [-0.39, 0.29) is 0 Å². The molecule has 5 heteroatoms. The van der Waals surface area contributed by atoms with Crippen molar-refractivity contribution in [3.63, 3.8) is 0 Å². The van der Waals surface area contributed by atoms with Crippen LogP contribution < -0.4 is 0 Å². The first kappa shape index (κ1) is 34.3. The fourth-order valence-electron chi connectivity index (χ4n) is 11.0. The number of para-hydroxylation sites is 2. The maximum atomic E-state index is 6.27. The Balaban J connectivity index is 0.959. The van der Waals surface area contributed by atoms with Crippen LogP contribution in [0.1, 0.15) is 22.3 Å². The minimum atomic E-state index is -0.406. The van der Waals surface area contributed by atoms with Gasteiger partial charge in [0.25, 0.3) is 0 Å². The summed E-state index contributed by atoms with van der Waals surface area (Å²) in [6.07, 6.45) is 0. The Morgan fingerprint density at radius 2 is 0.905 bits per heavy atom. The average molecular weight is 803 g/mol. The molecule has 0 atom stereocenters. The second-order valence-corrected chi connectivity index (χ2v) is 16.6. The van der Waals surface area contributed by atoms with Gasteiger partial charge in [-0.25, -0.2) is 15.0 Å². The van der Waals surface area contributed by atoms with E-state index in [4.69, 9.17) is 19.4 Å². The number of fused-ring (bicyclic) bond motifs is 17. The van der Waals surface area contributed by atoms with Gasteiger partial charge in [0.05, 0.1) is 16.4 Å². The lowest BCUT2D eigenvalue weighted by atomic mass is 9.70. The Morgan fingerprint density at radius 3 is 1.65 bits per heavy atom. The Bertz CT molecular complexity index is 3810. The predicted molar refractivity (Wildman–Crippen MR) is 254 cm³/mol. The molecule has 292 valence electrons. The van der Waals surface area contributed by atoms with Gasteiger partial charge >= 0.3 is 0 Å². The minimum Gasteiger partial charge on any atom is -0.456 e. The van der Waals surface area contributed by atoms with Crippen molar-refractivity contribution in [2.45, 2.75) is 5.41 Å². The van der Waals surface area contributed by atoms with Gasteiger partial charge in [-0.2, -0.15) is 0 Å². The summed E-state index contributed by atoms with van der Waals surface area (Å²) in [6.45, 7) is 0. The zero-order chi connectivity index (χ0) is 41.2. The van der Waals surface area contributed by atoms with Gasteiger partial charge in [-0.05, 0) is 93.0 Å². The summed E-state index contributed by atoms with van der Waals surface area (Å²) in [5.74, 6) is 1.82. The average Bonchev–Trinajstić information content (AvgIpc) is 4.08. The van der Waals surface area contributed by atoms with E-state index in [2.05, 4.69) is 150 Å². The Kier molecular flexibility index (Phi) is 6.97. The molecule has 0 radical (unpaired) electrons. The third kappa shape index (κ3) is 4.63. The summed E-state index contributed by atoms with van der Waals surface area (Å²) in [6, 6.07) is 73.7. The summed E-state index contributed by atoms with van der Waals surface area (Å²) in [7, 11) is 0. The molecule has 0 unspecified atom stereocenters. The quantitative estimate of drug-likeness (QED) is 0.178. The number of aromatic nitrogens is 4. The van der Waals surface area contributed by atoms with Crippen molar-refractivity contribution >= 4 is 43.7 Å². The number of hydrogen-bond donors (Lipinski definition) is 0. The van der Waals surface area contributed by atoms with Crippen molar-refractivity contribution < 1.29 is 4.42 Å². The van der Waals surface area contributed by atoms with Gasteiger partial charge < -0.3 is 8.98 Å². The molecule has 5 nitrogen and oxygen atoms in total. The molecule has 0 fully saturated rings. The van der Waals surface area contributed by atoms with Crippen molar-refractivity contribution in [1.82, 2.24) is 19.5 Å². The fourth-order valence-corrected chi connectivity index (χ4v) is 11.0. The largest absolute Gasteiger partial charge is 0.456 e. The van der Waals surface area contributed by atoms with Gasteiger partial charge in [-0.15, -0.1) is 0 Å². The lowest BCUT2D eigenvalue weighted by Crippen LogP contribution is -2.25. The zero-order valence-electron chi connectivity index (χ0n) is 33.8. The summed E-state index contributed by atoms with van der Waals surface area (Å²) in [5, 5.41) is 4.53. The maximum absolute atomic E-state index is 6.27. The van der Waals surface area contributed by atoms with E-state index < -0.39 is 5.41 Å². The van der Waals surface area contributed by atoms with E-state index in [0.717, 1.165) is 49.8 Å². The molecule has 0 N–H and O–H groups in total. The Morgan fingerprint density at radius 1 is 0.349 bits per heavy atom. The molecule has 14 rings (SSSR count).